The van der Waals surface area contributed by atoms with Gasteiger partial charge in [-0.15, -0.1) is 0 Å². The maximum atomic E-state index is 12.0. The molecule has 3 aromatic rings. The van der Waals surface area contributed by atoms with Gasteiger partial charge in [0.25, 0.3) is 0 Å². The molecular weight excluding hydrogens is 268 g/mol. The standard InChI is InChI=1S/C12H8N2O2S2/c15-9(6-17-12-13-7-14-18-12)11-5-8-3-1-2-4-10(8)16-11/h1-5,7H,6H2. The van der Waals surface area contributed by atoms with Crippen LogP contribution in [-0.2, 0) is 0 Å². The molecule has 3 rings (SSSR count). The van der Waals surface area contributed by atoms with E-state index in [1.807, 2.05) is 24.3 Å². The Kier molecular flexibility index (Phi) is 3.12. The highest BCUT2D eigenvalue weighted by atomic mass is 32.2. The Balaban J connectivity index is 1.75. The van der Waals surface area contributed by atoms with Crippen molar-refractivity contribution < 1.29 is 9.21 Å². The quantitative estimate of drug-likeness (QED) is 0.541. The lowest BCUT2D eigenvalue weighted by Gasteiger charge is -1.93. The Bertz CT molecular complexity index is 643. The molecule has 0 saturated heterocycles. The van der Waals surface area contributed by atoms with Crippen molar-refractivity contribution in [3.8, 4) is 0 Å². The summed E-state index contributed by atoms with van der Waals surface area (Å²) < 4.78 is 10.2. The maximum absolute atomic E-state index is 12.0. The second-order valence-corrected chi connectivity index (χ2v) is 5.57. The summed E-state index contributed by atoms with van der Waals surface area (Å²) in [5.41, 5.74) is 0.738. The molecule has 0 atom stereocenters. The summed E-state index contributed by atoms with van der Waals surface area (Å²) in [6.45, 7) is 0. The summed E-state index contributed by atoms with van der Waals surface area (Å²) in [4.78, 5) is 16.0. The number of carbonyl (C=O) groups excluding carboxylic acids is 1. The highest BCUT2D eigenvalue weighted by Gasteiger charge is 2.13. The fourth-order valence-electron chi connectivity index (χ4n) is 1.54. The summed E-state index contributed by atoms with van der Waals surface area (Å²) >= 11 is 2.66. The van der Waals surface area contributed by atoms with E-state index in [4.69, 9.17) is 4.42 Å². The van der Waals surface area contributed by atoms with E-state index in [9.17, 15) is 4.79 Å². The molecule has 0 amide bonds. The van der Waals surface area contributed by atoms with Crippen molar-refractivity contribution in [2.45, 2.75) is 4.34 Å². The van der Waals surface area contributed by atoms with Crippen molar-refractivity contribution in [3.05, 3.63) is 42.4 Å². The third-order valence-electron chi connectivity index (χ3n) is 2.37. The van der Waals surface area contributed by atoms with Gasteiger partial charge in [0.05, 0.1) is 5.75 Å². The van der Waals surface area contributed by atoms with E-state index in [0.29, 0.717) is 11.5 Å². The summed E-state index contributed by atoms with van der Waals surface area (Å²) in [6.07, 6.45) is 1.48. The lowest BCUT2D eigenvalue weighted by Crippen LogP contribution is -1.99. The normalized spacial score (nSPS) is 10.9. The van der Waals surface area contributed by atoms with Crippen molar-refractivity contribution in [1.29, 1.82) is 0 Å². The van der Waals surface area contributed by atoms with Crippen LogP contribution in [0.1, 0.15) is 10.6 Å². The summed E-state index contributed by atoms with van der Waals surface area (Å²) in [5, 5.41) is 0.946. The van der Waals surface area contributed by atoms with E-state index in [1.165, 1.54) is 29.6 Å². The Hall–Kier alpha value is -1.66. The van der Waals surface area contributed by atoms with Gasteiger partial charge in [0, 0.05) is 5.39 Å². The van der Waals surface area contributed by atoms with Gasteiger partial charge in [-0.25, -0.2) is 4.98 Å². The van der Waals surface area contributed by atoms with Crippen molar-refractivity contribution in [3.63, 3.8) is 0 Å². The number of ketones is 1. The van der Waals surface area contributed by atoms with Gasteiger partial charge in [0.1, 0.15) is 11.9 Å². The molecule has 0 aliphatic heterocycles. The van der Waals surface area contributed by atoms with E-state index >= 15 is 0 Å². The first-order chi connectivity index (χ1) is 8.83. The van der Waals surface area contributed by atoms with Crippen LogP contribution in [-0.4, -0.2) is 20.9 Å². The Morgan fingerprint density at radius 3 is 3.06 bits per heavy atom. The van der Waals surface area contributed by atoms with E-state index in [2.05, 4.69) is 9.36 Å². The van der Waals surface area contributed by atoms with Crippen molar-refractivity contribution >= 4 is 40.0 Å². The molecule has 1 aromatic carbocycles. The minimum atomic E-state index is -0.0357. The number of benzene rings is 1. The molecule has 0 fully saturated rings. The molecule has 0 spiro atoms. The minimum Gasteiger partial charge on any atom is -0.453 e. The molecule has 6 heteroatoms. The number of carbonyl (C=O) groups is 1. The van der Waals surface area contributed by atoms with Gasteiger partial charge < -0.3 is 4.42 Å². The summed E-state index contributed by atoms with van der Waals surface area (Å²) in [6, 6.07) is 9.36. The average molecular weight is 276 g/mol. The third-order valence-corrected chi connectivity index (χ3v) is 4.17. The zero-order valence-corrected chi connectivity index (χ0v) is 10.8. The first-order valence-corrected chi connectivity index (χ1v) is 7.00. The number of thioether (sulfide) groups is 1. The second kappa shape index (κ2) is 4.91. The second-order valence-electron chi connectivity index (χ2n) is 3.57. The number of para-hydroxylation sites is 1. The van der Waals surface area contributed by atoms with E-state index in [1.54, 1.807) is 6.07 Å². The van der Waals surface area contributed by atoms with Gasteiger partial charge in [0.15, 0.2) is 10.1 Å². The monoisotopic (exact) mass is 276 g/mol. The Labute approximate surface area is 111 Å². The lowest BCUT2D eigenvalue weighted by molar-refractivity contribution is 0.0994. The van der Waals surface area contributed by atoms with Crippen LogP contribution in [0, 0.1) is 0 Å². The largest absolute Gasteiger partial charge is 0.453 e. The molecule has 0 unspecified atom stereocenters. The average Bonchev–Trinajstić information content (AvgIpc) is 3.04. The number of hydrogen-bond donors (Lipinski definition) is 0. The van der Waals surface area contributed by atoms with Gasteiger partial charge in [-0.2, -0.15) is 4.37 Å². The smallest absolute Gasteiger partial charge is 0.208 e. The third kappa shape index (κ3) is 2.30. The van der Waals surface area contributed by atoms with Crippen LogP contribution in [0.2, 0.25) is 0 Å². The van der Waals surface area contributed by atoms with Crippen molar-refractivity contribution in [2.24, 2.45) is 0 Å². The van der Waals surface area contributed by atoms with Gasteiger partial charge in [-0.05, 0) is 23.7 Å². The molecule has 2 aromatic heterocycles. The zero-order valence-electron chi connectivity index (χ0n) is 9.20. The number of Topliss-reactive ketones (excluding diaryl/α,β-unsaturated/α-hetero) is 1. The fraction of sp³-hybridized carbons (Fsp3) is 0.0833. The SMILES string of the molecule is O=C(CSc1ncns1)c1cc2ccccc2o1. The van der Waals surface area contributed by atoms with Crippen LogP contribution in [0.15, 0.2) is 45.4 Å². The maximum Gasteiger partial charge on any atom is 0.208 e. The predicted octanol–water partition coefficient (Wildman–Crippen LogP) is 3.26. The highest BCUT2D eigenvalue weighted by molar-refractivity contribution is 8.01. The van der Waals surface area contributed by atoms with E-state index in [0.717, 1.165) is 15.3 Å². The molecule has 0 aliphatic rings. The number of hydrogen-bond acceptors (Lipinski definition) is 6. The molecule has 0 N–H and O–H groups in total. The molecule has 90 valence electrons. The number of rotatable bonds is 4. The van der Waals surface area contributed by atoms with Crippen LogP contribution in [0.4, 0.5) is 0 Å². The van der Waals surface area contributed by atoms with Crippen LogP contribution in [0.5, 0.6) is 0 Å². The molecule has 18 heavy (non-hydrogen) atoms. The summed E-state index contributed by atoms with van der Waals surface area (Å²) in [7, 11) is 0. The topological polar surface area (TPSA) is 56.0 Å². The van der Waals surface area contributed by atoms with E-state index < -0.39 is 0 Å². The van der Waals surface area contributed by atoms with E-state index in [-0.39, 0.29) is 5.78 Å². The number of fused-ring (bicyclic) bond motifs is 1. The van der Waals surface area contributed by atoms with Crippen molar-refractivity contribution in [1.82, 2.24) is 9.36 Å². The predicted molar refractivity (Wildman–Crippen MR) is 71.2 cm³/mol. The molecule has 2 heterocycles. The Morgan fingerprint density at radius 1 is 1.39 bits per heavy atom. The molecule has 0 aliphatic carbocycles. The molecule has 0 radical (unpaired) electrons. The fourth-order valence-corrected chi connectivity index (χ4v) is 2.86. The Morgan fingerprint density at radius 2 is 2.28 bits per heavy atom. The van der Waals surface area contributed by atoms with Gasteiger partial charge in [0.2, 0.25) is 5.78 Å². The van der Waals surface area contributed by atoms with Crippen LogP contribution >= 0.6 is 23.3 Å². The number of aromatic nitrogens is 2. The highest BCUT2D eigenvalue weighted by Crippen LogP contribution is 2.23. The number of nitrogens with zero attached hydrogens (tertiary/aromatic N) is 2. The summed E-state index contributed by atoms with van der Waals surface area (Å²) in [5.74, 6) is 0.675. The number of furan rings is 1. The van der Waals surface area contributed by atoms with Crippen LogP contribution < -0.4 is 0 Å². The molecule has 4 nitrogen and oxygen atoms in total. The molecule has 0 saturated carbocycles. The first kappa shape index (κ1) is 11.4. The lowest BCUT2D eigenvalue weighted by atomic mass is 10.2. The zero-order chi connectivity index (χ0) is 12.4. The first-order valence-electron chi connectivity index (χ1n) is 5.24. The van der Waals surface area contributed by atoms with Crippen LogP contribution in [0.3, 0.4) is 0 Å². The minimum absolute atomic E-state index is 0.0357. The molecule has 0 bridgehead atoms. The van der Waals surface area contributed by atoms with Gasteiger partial charge in [-0.3, -0.25) is 4.79 Å². The van der Waals surface area contributed by atoms with Crippen molar-refractivity contribution in [2.75, 3.05) is 5.75 Å². The molecular formula is C12H8N2O2S2. The van der Waals surface area contributed by atoms with Gasteiger partial charge in [-0.1, -0.05) is 30.0 Å². The van der Waals surface area contributed by atoms with Gasteiger partial charge >= 0.3 is 0 Å². The van der Waals surface area contributed by atoms with Crippen LogP contribution in [0.25, 0.3) is 11.0 Å².